The Hall–Kier alpha value is -2.76. The average molecular weight is 333 g/mol. The molecule has 3 aromatic rings. The highest BCUT2D eigenvalue weighted by molar-refractivity contribution is 5.95. The molecule has 124 valence electrons. The van der Waals surface area contributed by atoms with Gasteiger partial charge in [-0.1, -0.05) is 6.92 Å². The van der Waals surface area contributed by atoms with Gasteiger partial charge in [-0.25, -0.2) is 4.79 Å². The molecular formula is C18H14F3NO2. The number of carboxylic acid groups (broad SMARTS) is 1. The fourth-order valence-corrected chi connectivity index (χ4v) is 2.74. The molecule has 0 amide bonds. The topological polar surface area (TPSA) is 42.2 Å². The Bertz CT molecular complexity index is 908. The van der Waals surface area contributed by atoms with Crippen molar-refractivity contribution < 1.29 is 23.1 Å². The smallest absolute Gasteiger partial charge is 0.416 e. The molecule has 0 saturated carbocycles. The van der Waals surface area contributed by atoms with Crippen LogP contribution in [0.3, 0.4) is 0 Å². The van der Waals surface area contributed by atoms with Crippen LogP contribution in [0.2, 0.25) is 0 Å². The maximum absolute atomic E-state index is 12.7. The van der Waals surface area contributed by atoms with E-state index < -0.39 is 17.7 Å². The number of nitrogens with zero attached hydrogens (tertiary/aromatic N) is 1. The van der Waals surface area contributed by atoms with Gasteiger partial charge in [0.1, 0.15) is 0 Å². The van der Waals surface area contributed by atoms with Crippen LogP contribution in [0.5, 0.6) is 0 Å². The third-order valence-corrected chi connectivity index (χ3v) is 3.99. The second-order valence-electron chi connectivity index (χ2n) is 5.46. The van der Waals surface area contributed by atoms with Gasteiger partial charge < -0.3 is 9.67 Å². The highest BCUT2D eigenvalue weighted by Gasteiger charge is 2.30. The summed E-state index contributed by atoms with van der Waals surface area (Å²) in [6.07, 6.45) is -1.85. The number of hydrogen-bond donors (Lipinski definition) is 1. The van der Waals surface area contributed by atoms with E-state index in [2.05, 4.69) is 0 Å². The minimum Gasteiger partial charge on any atom is -0.478 e. The van der Waals surface area contributed by atoms with Crippen LogP contribution in [0.25, 0.3) is 16.6 Å². The van der Waals surface area contributed by atoms with Crippen LogP contribution in [-0.4, -0.2) is 15.6 Å². The molecule has 0 atom stereocenters. The second kappa shape index (κ2) is 5.70. The summed E-state index contributed by atoms with van der Waals surface area (Å²) in [5.41, 5.74) is 1.77. The number of rotatable bonds is 3. The zero-order chi connectivity index (χ0) is 17.5. The van der Waals surface area contributed by atoms with Gasteiger partial charge >= 0.3 is 12.1 Å². The van der Waals surface area contributed by atoms with Crippen molar-refractivity contribution >= 4 is 16.9 Å². The number of aryl methyl sites for hydroxylation is 1. The fraction of sp³-hybridized carbons (Fsp3) is 0.167. The Morgan fingerprint density at radius 1 is 1.12 bits per heavy atom. The number of carbonyl (C=O) groups is 1. The molecule has 24 heavy (non-hydrogen) atoms. The van der Waals surface area contributed by atoms with Gasteiger partial charge in [0.25, 0.3) is 0 Å². The summed E-state index contributed by atoms with van der Waals surface area (Å²) in [6, 6.07) is 9.66. The van der Waals surface area contributed by atoms with E-state index in [1.54, 1.807) is 16.7 Å². The number of benzene rings is 2. The summed E-state index contributed by atoms with van der Waals surface area (Å²) in [6.45, 7) is 1.94. The number of alkyl halides is 3. The van der Waals surface area contributed by atoms with Crippen LogP contribution in [0.4, 0.5) is 13.2 Å². The standard InChI is InChI=1S/C18H14F3NO2/c1-2-11-10-22(14-6-4-13(5-7-14)18(19,20)21)16-8-3-12(17(23)24)9-15(11)16/h3-10H,2H2,1H3,(H,23,24). The molecule has 0 aliphatic carbocycles. The molecule has 0 bridgehead atoms. The van der Waals surface area contributed by atoms with E-state index >= 15 is 0 Å². The molecule has 0 unspecified atom stereocenters. The van der Waals surface area contributed by atoms with Crippen LogP contribution in [0, 0.1) is 0 Å². The van der Waals surface area contributed by atoms with Gasteiger partial charge in [-0.15, -0.1) is 0 Å². The van der Waals surface area contributed by atoms with Gasteiger partial charge in [-0.3, -0.25) is 0 Å². The lowest BCUT2D eigenvalue weighted by Gasteiger charge is -2.09. The van der Waals surface area contributed by atoms with Gasteiger partial charge in [-0.2, -0.15) is 13.2 Å². The Balaban J connectivity index is 2.14. The average Bonchev–Trinajstić information content (AvgIpc) is 2.92. The third-order valence-electron chi connectivity index (χ3n) is 3.99. The predicted octanol–water partition coefficient (Wildman–Crippen LogP) is 4.91. The molecule has 0 aliphatic rings. The first-order chi connectivity index (χ1) is 11.3. The molecule has 1 aromatic heterocycles. The lowest BCUT2D eigenvalue weighted by molar-refractivity contribution is -0.137. The highest BCUT2D eigenvalue weighted by Crippen LogP contribution is 2.31. The third kappa shape index (κ3) is 2.75. The summed E-state index contributed by atoms with van der Waals surface area (Å²) in [5, 5.41) is 9.91. The van der Waals surface area contributed by atoms with E-state index in [1.165, 1.54) is 18.2 Å². The summed E-state index contributed by atoms with van der Waals surface area (Å²) in [7, 11) is 0. The minimum absolute atomic E-state index is 0.183. The Morgan fingerprint density at radius 3 is 2.33 bits per heavy atom. The van der Waals surface area contributed by atoms with Crippen molar-refractivity contribution in [2.24, 2.45) is 0 Å². The van der Waals surface area contributed by atoms with E-state index in [0.717, 1.165) is 28.6 Å². The van der Waals surface area contributed by atoms with Crippen LogP contribution >= 0.6 is 0 Å². The molecule has 3 nitrogen and oxygen atoms in total. The molecule has 6 heteroatoms. The largest absolute Gasteiger partial charge is 0.478 e. The Kier molecular flexibility index (Phi) is 3.83. The lowest BCUT2D eigenvalue weighted by atomic mass is 10.1. The highest BCUT2D eigenvalue weighted by atomic mass is 19.4. The second-order valence-corrected chi connectivity index (χ2v) is 5.46. The van der Waals surface area contributed by atoms with Crippen molar-refractivity contribution in [3.63, 3.8) is 0 Å². The molecule has 0 radical (unpaired) electrons. The van der Waals surface area contributed by atoms with Crippen molar-refractivity contribution in [2.75, 3.05) is 0 Å². The molecule has 0 saturated heterocycles. The van der Waals surface area contributed by atoms with Crippen molar-refractivity contribution in [1.29, 1.82) is 0 Å². The molecule has 2 aromatic carbocycles. The molecule has 1 heterocycles. The summed E-state index contributed by atoms with van der Waals surface area (Å²) < 4.78 is 39.9. The van der Waals surface area contributed by atoms with Gasteiger partial charge in [0.15, 0.2) is 0 Å². The van der Waals surface area contributed by atoms with Crippen LogP contribution in [-0.2, 0) is 12.6 Å². The first-order valence-corrected chi connectivity index (χ1v) is 7.36. The van der Waals surface area contributed by atoms with Crippen molar-refractivity contribution in [1.82, 2.24) is 4.57 Å². The first-order valence-electron chi connectivity index (χ1n) is 7.36. The predicted molar refractivity (Wildman–Crippen MR) is 84.6 cm³/mol. The molecule has 0 spiro atoms. The first kappa shape index (κ1) is 16.1. The lowest BCUT2D eigenvalue weighted by Crippen LogP contribution is -2.04. The maximum Gasteiger partial charge on any atom is 0.416 e. The Labute approximate surface area is 136 Å². The molecule has 3 rings (SSSR count). The van der Waals surface area contributed by atoms with Gasteiger partial charge in [-0.05, 0) is 54.4 Å². The summed E-state index contributed by atoms with van der Waals surface area (Å²) in [5.74, 6) is -1.01. The van der Waals surface area contributed by atoms with E-state index in [1.807, 2.05) is 13.1 Å². The van der Waals surface area contributed by atoms with Crippen LogP contribution < -0.4 is 0 Å². The van der Waals surface area contributed by atoms with Crippen molar-refractivity contribution in [3.8, 4) is 5.69 Å². The van der Waals surface area contributed by atoms with E-state index in [-0.39, 0.29) is 5.56 Å². The van der Waals surface area contributed by atoms with Gasteiger partial charge in [0.05, 0.1) is 16.6 Å². The molecule has 0 aliphatic heterocycles. The fourth-order valence-electron chi connectivity index (χ4n) is 2.74. The van der Waals surface area contributed by atoms with Gasteiger partial charge in [0, 0.05) is 17.3 Å². The number of halogens is 3. The molecular weight excluding hydrogens is 319 g/mol. The van der Waals surface area contributed by atoms with Crippen molar-refractivity contribution in [2.45, 2.75) is 19.5 Å². The number of aromatic carboxylic acids is 1. The molecule has 0 fully saturated rings. The summed E-state index contributed by atoms with van der Waals surface area (Å²) >= 11 is 0. The zero-order valence-electron chi connectivity index (χ0n) is 12.8. The maximum atomic E-state index is 12.7. The quantitative estimate of drug-likeness (QED) is 0.740. The normalized spacial score (nSPS) is 11.8. The number of hydrogen-bond acceptors (Lipinski definition) is 1. The number of aromatic nitrogens is 1. The molecule has 1 N–H and O–H groups in total. The van der Waals surface area contributed by atoms with E-state index in [0.29, 0.717) is 12.1 Å². The van der Waals surface area contributed by atoms with E-state index in [9.17, 15) is 18.0 Å². The van der Waals surface area contributed by atoms with Crippen molar-refractivity contribution in [3.05, 3.63) is 65.4 Å². The number of fused-ring (bicyclic) bond motifs is 1. The number of carboxylic acids is 1. The summed E-state index contributed by atoms with van der Waals surface area (Å²) in [4.78, 5) is 11.1. The SMILES string of the molecule is CCc1cn(-c2ccc(C(F)(F)F)cc2)c2ccc(C(=O)O)cc12. The van der Waals surface area contributed by atoms with Gasteiger partial charge in [0.2, 0.25) is 0 Å². The van der Waals surface area contributed by atoms with E-state index in [4.69, 9.17) is 5.11 Å². The monoisotopic (exact) mass is 333 g/mol. The zero-order valence-corrected chi connectivity index (χ0v) is 12.8. The van der Waals surface area contributed by atoms with Crippen LogP contribution in [0.15, 0.2) is 48.7 Å². The Morgan fingerprint density at radius 2 is 1.79 bits per heavy atom. The minimum atomic E-state index is -4.37. The van der Waals surface area contributed by atoms with Crippen LogP contribution in [0.1, 0.15) is 28.4 Å².